The van der Waals surface area contributed by atoms with Crippen LogP contribution in [-0.2, 0) is 13.0 Å². The van der Waals surface area contributed by atoms with Crippen LogP contribution in [0.5, 0.6) is 0 Å². The number of benzene rings is 3. The molecule has 5 rings (SSSR count). The van der Waals surface area contributed by atoms with Gasteiger partial charge < -0.3 is 5.32 Å². The monoisotopic (exact) mass is 436 g/mol. The maximum Gasteiger partial charge on any atom is 0.157 e. The highest BCUT2D eigenvalue weighted by molar-refractivity contribution is 6.31. The molecule has 2 aromatic heterocycles. The zero-order valence-corrected chi connectivity index (χ0v) is 18.4. The fourth-order valence-electron chi connectivity index (χ4n) is 4.20. The van der Waals surface area contributed by atoms with E-state index in [9.17, 15) is 5.26 Å². The summed E-state index contributed by atoms with van der Waals surface area (Å²) in [5.74, 6) is 0.939. The number of anilines is 1. The third-order valence-corrected chi connectivity index (χ3v) is 6.23. The smallest absolute Gasteiger partial charge is 0.157 e. The molecule has 32 heavy (non-hydrogen) atoms. The summed E-state index contributed by atoms with van der Waals surface area (Å²) in [6.07, 6.45) is 0.611. The second-order valence-electron chi connectivity index (χ2n) is 7.81. The van der Waals surface area contributed by atoms with Crippen molar-refractivity contribution in [3.63, 3.8) is 0 Å². The summed E-state index contributed by atoms with van der Waals surface area (Å²) < 4.78 is 2.08. The molecular weight excluding hydrogens is 416 g/mol. The van der Waals surface area contributed by atoms with Gasteiger partial charge in [-0.25, -0.2) is 4.98 Å². The molecule has 5 heteroatoms. The molecule has 0 unspecified atom stereocenters. The molecule has 5 aromatic rings. The van der Waals surface area contributed by atoms with Gasteiger partial charge in [0.15, 0.2) is 5.65 Å². The number of aromatic nitrogens is 2. The minimum absolute atomic E-state index is 0.591. The number of pyridine rings is 1. The van der Waals surface area contributed by atoms with Crippen LogP contribution in [0.15, 0.2) is 78.9 Å². The van der Waals surface area contributed by atoms with Crippen molar-refractivity contribution in [1.82, 2.24) is 9.38 Å². The molecule has 0 amide bonds. The van der Waals surface area contributed by atoms with Crippen LogP contribution in [0.4, 0.5) is 5.82 Å². The van der Waals surface area contributed by atoms with Crippen molar-refractivity contribution in [2.45, 2.75) is 19.9 Å². The third-order valence-electron chi connectivity index (χ3n) is 5.86. The lowest BCUT2D eigenvalue weighted by Crippen LogP contribution is -2.11. The lowest BCUT2D eigenvalue weighted by Gasteiger charge is -2.19. The molecule has 0 atom stereocenters. The van der Waals surface area contributed by atoms with Crippen LogP contribution in [0, 0.1) is 18.3 Å². The Bertz CT molecular complexity index is 1480. The fourth-order valence-corrected chi connectivity index (χ4v) is 4.40. The van der Waals surface area contributed by atoms with Gasteiger partial charge in [0, 0.05) is 23.6 Å². The molecule has 3 aromatic carbocycles. The van der Waals surface area contributed by atoms with Crippen molar-refractivity contribution in [3.05, 3.63) is 112 Å². The molecular formula is C27H21ClN4. The van der Waals surface area contributed by atoms with Crippen molar-refractivity contribution >= 4 is 34.1 Å². The highest BCUT2D eigenvalue weighted by Gasteiger charge is 2.21. The highest BCUT2D eigenvalue weighted by Crippen LogP contribution is 2.33. The highest BCUT2D eigenvalue weighted by atomic mass is 35.5. The first-order valence-corrected chi connectivity index (χ1v) is 10.9. The Labute approximate surface area is 191 Å². The Morgan fingerprint density at radius 1 is 0.969 bits per heavy atom. The predicted octanol–water partition coefficient (Wildman–Crippen LogP) is 6.52. The first-order chi connectivity index (χ1) is 15.7. The maximum atomic E-state index is 10.0. The Morgan fingerprint density at radius 2 is 1.69 bits per heavy atom. The van der Waals surface area contributed by atoms with Crippen LogP contribution in [0.25, 0.3) is 16.7 Å². The summed E-state index contributed by atoms with van der Waals surface area (Å²) in [6.45, 7) is 2.65. The molecule has 0 saturated carbocycles. The summed E-state index contributed by atoms with van der Waals surface area (Å²) in [7, 11) is 0. The average molecular weight is 437 g/mol. The molecule has 4 nitrogen and oxygen atoms in total. The number of halogens is 1. The van der Waals surface area contributed by atoms with E-state index in [0.29, 0.717) is 24.2 Å². The van der Waals surface area contributed by atoms with E-state index < -0.39 is 0 Å². The minimum atomic E-state index is 0.591. The lowest BCUT2D eigenvalue weighted by molar-refractivity contribution is 1.03. The first kappa shape index (κ1) is 20.1. The van der Waals surface area contributed by atoms with Gasteiger partial charge in [0.05, 0.1) is 16.6 Å². The molecule has 0 fully saturated rings. The quantitative estimate of drug-likeness (QED) is 0.341. The fraction of sp³-hybridized carbons (Fsp3) is 0.111. The van der Waals surface area contributed by atoms with Crippen LogP contribution in [0.2, 0.25) is 5.02 Å². The number of nitrogens with one attached hydrogen (secondary N) is 1. The molecule has 0 aliphatic heterocycles. The van der Waals surface area contributed by atoms with Crippen LogP contribution in [0.3, 0.4) is 0 Å². The van der Waals surface area contributed by atoms with Crippen molar-refractivity contribution in [2.75, 3.05) is 5.32 Å². The summed E-state index contributed by atoms with van der Waals surface area (Å²) in [6, 6.07) is 28.5. The standard InChI is InChI=1S/C27H21ClN4/c1-18-21(15-20-11-5-6-12-23(20)28)26(30-17-19-9-3-2-4-10-19)32-25-14-8-7-13-24(25)31-27(32)22(18)16-29/h2-14,30H,15,17H2,1H3. The van der Waals surface area contributed by atoms with Gasteiger partial charge in [-0.05, 0) is 41.8 Å². The Kier molecular flexibility index (Phi) is 5.26. The van der Waals surface area contributed by atoms with Crippen molar-refractivity contribution < 1.29 is 0 Å². The van der Waals surface area contributed by atoms with E-state index in [-0.39, 0.29) is 0 Å². The van der Waals surface area contributed by atoms with Crippen molar-refractivity contribution in [3.8, 4) is 6.07 Å². The molecule has 2 heterocycles. The van der Waals surface area contributed by atoms with E-state index >= 15 is 0 Å². The number of nitrogens with zero attached hydrogens (tertiary/aromatic N) is 3. The SMILES string of the molecule is Cc1c(Cc2ccccc2Cl)c(NCc2ccccc2)n2c(nc3ccccc32)c1C#N. The number of imidazole rings is 1. The number of nitriles is 1. The molecule has 0 saturated heterocycles. The van der Waals surface area contributed by atoms with Crippen molar-refractivity contribution in [1.29, 1.82) is 5.26 Å². The normalized spacial score (nSPS) is 11.0. The number of rotatable bonds is 5. The lowest BCUT2D eigenvalue weighted by atomic mass is 9.97. The van der Waals surface area contributed by atoms with Gasteiger partial charge in [-0.3, -0.25) is 4.40 Å². The topological polar surface area (TPSA) is 53.1 Å². The number of hydrogen-bond donors (Lipinski definition) is 1. The number of fused-ring (bicyclic) bond motifs is 3. The van der Waals surface area contributed by atoms with E-state index in [0.717, 1.165) is 38.6 Å². The van der Waals surface area contributed by atoms with Gasteiger partial charge in [0.1, 0.15) is 11.9 Å². The Balaban J connectivity index is 1.77. The summed E-state index contributed by atoms with van der Waals surface area (Å²) >= 11 is 6.51. The zero-order chi connectivity index (χ0) is 22.1. The zero-order valence-electron chi connectivity index (χ0n) is 17.6. The van der Waals surface area contributed by atoms with E-state index in [1.807, 2.05) is 73.7 Å². The molecule has 156 valence electrons. The third kappa shape index (κ3) is 3.47. The molecule has 1 N–H and O–H groups in total. The van der Waals surface area contributed by atoms with Crippen LogP contribution in [0.1, 0.15) is 27.8 Å². The Morgan fingerprint density at radius 3 is 2.47 bits per heavy atom. The number of para-hydroxylation sites is 2. The molecule has 0 aliphatic rings. The summed E-state index contributed by atoms with van der Waals surface area (Å²) in [5, 5.41) is 14.4. The van der Waals surface area contributed by atoms with E-state index in [1.165, 1.54) is 5.56 Å². The second kappa shape index (κ2) is 8.37. The second-order valence-corrected chi connectivity index (χ2v) is 8.21. The van der Waals surface area contributed by atoms with Gasteiger partial charge in [-0.1, -0.05) is 72.3 Å². The van der Waals surface area contributed by atoms with Crippen LogP contribution in [-0.4, -0.2) is 9.38 Å². The molecule has 0 aliphatic carbocycles. The predicted molar refractivity (Wildman–Crippen MR) is 130 cm³/mol. The Hall–Kier alpha value is -3.81. The molecule has 0 spiro atoms. The van der Waals surface area contributed by atoms with Gasteiger partial charge in [0.25, 0.3) is 0 Å². The summed E-state index contributed by atoms with van der Waals surface area (Å²) in [5.41, 5.74) is 7.25. The van der Waals surface area contributed by atoms with E-state index in [4.69, 9.17) is 16.6 Å². The van der Waals surface area contributed by atoms with Gasteiger partial charge in [-0.2, -0.15) is 5.26 Å². The van der Waals surface area contributed by atoms with Crippen LogP contribution < -0.4 is 5.32 Å². The minimum Gasteiger partial charge on any atom is -0.367 e. The van der Waals surface area contributed by atoms with Gasteiger partial charge >= 0.3 is 0 Å². The summed E-state index contributed by atoms with van der Waals surface area (Å²) in [4.78, 5) is 4.80. The van der Waals surface area contributed by atoms with Crippen molar-refractivity contribution in [2.24, 2.45) is 0 Å². The maximum absolute atomic E-state index is 10.0. The number of hydrogen-bond acceptors (Lipinski definition) is 3. The van der Waals surface area contributed by atoms with Gasteiger partial charge in [0.2, 0.25) is 0 Å². The van der Waals surface area contributed by atoms with Crippen LogP contribution >= 0.6 is 11.6 Å². The van der Waals surface area contributed by atoms with E-state index in [1.54, 1.807) is 0 Å². The molecule has 0 bridgehead atoms. The molecule has 0 radical (unpaired) electrons. The van der Waals surface area contributed by atoms with E-state index in [2.05, 4.69) is 27.9 Å². The average Bonchev–Trinajstić information content (AvgIpc) is 3.20. The van der Waals surface area contributed by atoms with Gasteiger partial charge in [-0.15, -0.1) is 0 Å². The largest absolute Gasteiger partial charge is 0.367 e. The first-order valence-electron chi connectivity index (χ1n) is 10.5.